The smallest absolute Gasteiger partial charge is 0.319 e. The molecule has 0 spiro atoms. The molecule has 6 N–H and O–H groups in total. The van der Waals surface area contributed by atoms with E-state index in [-0.39, 0.29) is 69.7 Å². The summed E-state index contributed by atoms with van der Waals surface area (Å²) in [5.74, 6) is 0.298. The summed E-state index contributed by atoms with van der Waals surface area (Å²) in [6.07, 6.45) is 2.36. The average molecular weight is 979 g/mol. The van der Waals surface area contributed by atoms with Crippen LogP contribution in [0.2, 0.25) is 0 Å². The van der Waals surface area contributed by atoms with Gasteiger partial charge in [0.15, 0.2) is 0 Å². The van der Waals surface area contributed by atoms with Gasteiger partial charge in [-0.1, -0.05) is 204 Å². The summed E-state index contributed by atoms with van der Waals surface area (Å²) in [6.45, 7) is 28.4. The van der Waals surface area contributed by atoms with E-state index in [4.69, 9.17) is 0 Å². The molecule has 6 aromatic rings. The van der Waals surface area contributed by atoms with Gasteiger partial charge in [0.25, 0.3) is 0 Å². The zero-order chi connectivity index (χ0) is 52.3. The first-order valence-corrected chi connectivity index (χ1v) is 26.7. The van der Waals surface area contributed by atoms with Crippen molar-refractivity contribution in [2.45, 2.75) is 160 Å². The molecule has 4 atom stereocenters. The van der Waals surface area contributed by atoms with Gasteiger partial charge in [-0.05, 0) is 121 Å². The van der Waals surface area contributed by atoms with E-state index in [9.17, 15) is 9.59 Å². The maximum absolute atomic E-state index is 13.4. The zero-order valence-electron chi connectivity index (χ0n) is 45.7. The SMILES string of the molecule is CC(C)(C)c1ccc(C(c2ccc(C(C)(C)C)cc2)C2CC(NC(=O)Nc3ccc(Cc4ccc(NC(=O)N[C@H]5CN[C@@H](C(c6ccc(C(C)(C)C)cc6)c6ccc(C(C)(C)C)cc6)C5)cc4)cc3)CN2)cc1. The first-order valence-electron chi connectivity index (χ1n) is 26.7. The highest BCUT2D eigenvalue weighted by Crippen LogP contribution is 2.37. The Kier molecular flexibility index (Phi) is 15.8. The van der Waals surface area contributed by atoms with Gasteiger partial charge in [-0.3, -0.25) is 0 Å². The topological polar surface area (TPSA) is 106 Å². The van der Waals surface area contributed by atoms with Crippen LogP contribution in [0, 0.1) is 0 Å². The number of anilines is 2. The van der Waals surface area contributed by atoms with Crippen LogP contribution in [0.4, 0.5) is 21.0 Å². The largest absolute Gasteiger partial charge is 0.334 e. The Hall–Kier alpha value is -6.22. The molecule has 0 aliphatic carbocycles. The molecular formula is C65H82N6O2. The van der Waals surface area contributed by atoms with Crippen molar-refractivity contribution in [1.82, 2.24) is 21.3 Å². The lowest BCUT2D eigenvalue weighted by molar-refractivity contribution is 0.248. The molecule has 2 aliphatic rings. The van der Waals surface area contributed by atoms with Crippen LogP contribution in [0.1, 0.15) is 163 Å². The molecule has 2 saturated heterocycles. The van der Waals surface area contributed by atoms with Crippen molar-refractivity contribution >= 4 is 23.4 Å². The Labute approximate surface area is 437 Å². The summed E-state index contributed by atoms with van der Waals surface area (Å²) < 4.78 is 0. The monoisotopic (exact) mass is 979 g/mol. The number of nitrogens with one attached hydrogen (secondary N) is 6. The van der Waals surface area contributed by atoms with Gasteiger partial charge in [0, 0.05) is 60.5 Å². The van der Waals surface area contributed by atoms with Crippen LogP contribution in [0.25, 0.3) is 0 Å². The van der Waals surface area contributed by atoms with Crippen LogP contribution >= 0.6 is 0 Å². The minimum Gasteiger partial charge on any atom is -0.334 e. The molecule has 0 aromatic heterocycles. The second-order valence-electron chi connectivity index (χ2n) is 25.1. The third-order valence-corrected chi connectivity index (χ3v) is 15.2. The highest BCUT2D eigenvalue weighted by Gasteiger charge is 2.35. The normalized spacial score (nSPS) is 18.5. The average Bonchev–Trinajstić information content (AvgIpc) is 3.99. The van der Waals surface area contributed by atoms with Gasteiger partial charge in [-0.25, -0.2) is 9.59 Å². The number of amides is 4. The van der Waals surface area contributed by atoms with E-state index >= 15 is 0 Å². The van der Waals surface area contributed by atoms with Gasteiger partial charge < -0.3 is 31.9 Å². The molecule has 6 aromatic carbocycles. The highest BCUT2D eigenvalue weighted by atomic mass is 16.2. The predicted octanol–water partition coefficient (Wildman–Crippen LogP) is 13.8. The fraction of sp³-hybridized carbons (Fsp3) is 0.415. The number of benzene rings is 6. The number of carbonyl (C=O) groups excluding carboxylic acids is 2. The van der Waals surface area contributed by atoms with Crippen LogP contribution < -0.4 is 31.9 Å². The quantitative estimate of drug-likeness (QED) is 0.0735. The molecule has 0 bridgehead atoms. The van der Waals surface area contributed by atoms with Crippen LogP contribution in [-0.4, -0.2) is 49.3 Å². The van der Waals surface area contributed by atoms with Crippen molar-refractivity contribution in [2.24, 2.45) is 0 Å². The van der Waals surface area contributed by atoms with Crippen molar-refractivity contribution in [2.75, 3.05) is 23.7 Å². The summed E-state index contributed by atoms with van der Waals surface area (Å²) in [7, 11) is 0. The lowest BCUT2D eigenvalue weighted by Crippen LogP contribution is -2.39. The van der Waals surface area contributed by atoms with E-state index in [0.29, 0.717) is 13.1 Å². The Morgan fingerprint density at radius 1 is 0.411 bits per heavy atom. The van der Waals surface area contributed by atoms with Crippen LogP contribution in [-0.2, 0) is 28.1 Å². The van der Waals surface area contributed by atoms with Crippen molar-refractivity contribution in [3.05, 3.63) is 201 Å². The molecular weight excluding hydrogens is 897 g/mol. The van der Waals surface area contributed by atoms with Crippen molar-refractivity contribution in [1.29, 1.82) is 0 Å². The standard InChI is InChI=1S/C65H82N6O2/c1-62(2,3)48-25-17-44(18-26-48)58(45-19-27-49(28-20-45)63(4,5)6)56-38-54(40-66-56)70-60(72)68-52-33-13-42(14-34-52)37-43-15-35-53(36-16-43)69-61(73)71-55-39-57(67-41-55)59(46-21-29-50(30-22-46)64(7,8)9)47-23-31-51(32-24-47)65(10,11)12/h13-36,54-59,66-67H,37-41H2,1-12H3,(H2,68,70,72)(H2,69,71,73)/t54-,55?,56-,57?/m1/s1. The second kappa shape index (κ2) is 21.7. The van der Waals surface area contributed by atoms with Crippen molar-refractivity contribution in [3.8, 4) is 0 Å². The molecule has 2 unspecified atom stereocenters. The zero-order valence-corrected chi connectivity index (χ0v) is 45.7. The number of hydrogen-bond acceptors (Lipinski definition) is 4. The second-order valence-corrected chi connectivity index (χ2v) is 25.1. The lowest BCUT2D eigenvalue weighted by atomic mass is 9.80. The van der Waals surface area contributed by atoms with Crippen LogP contribution in [0.3, 0.4) is 0 Å². The number of urea groups is 2. The fourth-order valence-corrected chi connectivity index (χ4v) is 10.7. The Morgan fingerprint density at radius 3 is 0.918 bits per heavy atom. The number of hydrogen-bond donors (Lipinski definition) is 6. The Balaban J connectivity index is 0.818. The fourth-order valence-electron chi connectivity index (χ4n) is 10.7. The van der Waals surface area contributed by atoms with Gasteiger partial charge in [0.2, 0.25) is 0 Å². The van der Waals surface area contributed by atoms with Gasteiger partial charge in [-0.2, -0.15) is 0 Å². The molecule has 0 radical (unpaired) electrons. The maximum atomic E-state index is 13.4. The number of carbonyl (C=O) groups is 2. The number of rotatable bonds is 12. The van der Waals surface area contributed by atoms with Crippen molar-refractivity contribution in [3.63, 3.8) is 0 Å². The Bertz CT molecular complexity index is 2460. The van der Waals surface area contributed by atoms with Gasteiger partial charge >= 0.3 is 12.1 Å². The van der Waals surface area contributed by atoms with E-state index in [2.05, 4.69) is 236 Å². The molecule has 8 heteroatoms. The van der Waals surface area contributed by atoms with Gasteiger partial charge in [-0.15, -0.1) is 0 Å². The van der Waals surface area contributed by atoms with Crippen molar-refractivity contribution < 1.29 is 9.59 Å². The maximum Gasteiger partial charge on any atom is 0.319 e. The Morgan fingerprint density at radius 2 is 0.671 bits per heavy atom. The molecule has 2 heterocycles. The molecule has 73 heavy (non-hydrogen) atoms. The van der Waals surface area contributed by atoms with E-state index in [1.807, 2.05) is 24.3 Å². The van der Waals surface area contributed by atoms with E-state index in [0.717, 1.165) is 41.8 Å². The summed E-state index contributed by atoms with van der Waals surface area (Å²) in [4.78, 5) is 26.7. The molecule has 0 saturated carbocycles. The summed E-state index contributed by atoms with van der Waals surface area (Å²) in [6, 6.07) is 52.4. The molecule has 2 fully saturated rings. The first kappa shape index (κ1) is 53.1. The van der Waals surface area contributed by atoms with E-state index in [1.54, 1.807) is 0 Å². The molecule has 8 nitrogen and oxygen atoms in total. The molecule has 4 amide bonds. The summed E-state index contributed by atoms with van der Waals surface area (Å²) >= 11 is 0. The molecule has 384 valence electrons. The first-order chi connectivity index (χ1) is 34.5. The summed E-state index contributed by atoms with van der Waals surface area (Å²) in [5, 5.41) is 20.2. The van der Waals surface area contributed by atoms with E-state index in [1.165, 1.54) is 44.5 Å². The van der Waals surface area contributed by atoms with E-state index < -0.39 is 0 Å². The minimum atomic E-state index is -0.204. The molecule has 2 aliphatic heterocycles. The van der Waals surface area contributed by atoms with Gasteiger partial charge in [0.05, 0.1) is 0 Å². The van der Waals surface area contributed by atoms with Crippen LogP contribution in [0.5, 0.6) is 0 Å². The lowest BCUT2D eigenvalue weighted by Gasteiger charge is -2.27. The third-order valence-electron chi connectivity index (χ3n) is 15.2. The highest BCUT2D eigenvalue weighted by molar-refractivity contribution is 5.90. The predicted molar refractivity (Wildman–Crippen MR) is 305 cm³/mol. The van der Waals surface area contributed by atoms with Crippen LogP contribution in [0.15, 0.2) is 146 Å². The van der Waals surface area contributed by atoms with Gasteiger partial charge in [0.1, 0.15) is 0 Å². The molecule has 8 rings (SSSR count). The summed E-state index contributed by atoms with van der Waals surface area (Å²) in [5.41, 5.74) is 14.5. The third kappa shape index (κ3) is 13.7. The minimum absolute atomic E-state index is 0.00663.